The average molecular weight is 573 g/mol. The molecule has 2 unspecified atom stereocenters. The normalized spacial score (nSPS) is 13.9. The number of rotatable bonds is 12. The lowest BCUT2D eigenvalue weighted by Crippen LogP contribution is -2.28. The molecule has 0 saturated heterocycles. The standard InChI is InChI=1S/C38H53O2P/c1-11-13-17-22-38(12-2,41-34-21-20-27(3)23-31(34)28(4)39)33-25-30(36(5,6)7)24-32(37(8,9)10)35(33)40-26-29-18-15-14-16-19-29/h14-16,18-21,23-25,41H,11-13,17,22,26H2,1-10H3. The van der Waals surface area contributed by atoms with Crippen molar-refractivity contribution in [2.45, 2.75) is 124 Å². The lowest BCUT2D eigenvalue weighted by molar-refractivity contribution is 0.101. The first kappa shape index (κ1) is 33.1. The number of ether oxygens (including phenoxy) is 1. The van der Waals surface area contributed by atoms with Gasteiger partial charge in [-0.05, 0) is 60.0 Å². The Morgan fingerprint density at radius 3 is 2.05 bits per heavy atom. The van der Waals surface area contributed by atoms with E-state index in [1.807, 2.05) is 0 Å². The Balaban J connectivity index is 2.35. The lowest BCUT2D eigenvalue weighted by atomic mass is 9.76. The fourth-order valence-electron chi connectivity index (χ4n) is 5.57. The molecule has 0 amide bonds. The van der Waals surface area contributed by atoms with Crippen LogP contribution in [0.2, 0.25) is 0 Å². The molecule has 0 bridgehead atoms. The summed E-state index contributed by atoms with van der Waals surface area (Å²) in [5.74, 6) is 1.19. The maximum absolute atomic E-state index is 12.9. The van der Waals surface area contributed by atoms with Gasteiger partial charge >= 0.3 is 0 Å². The van der Waals surface area contributed by atoms with Crippen molar-refractivity contribution in [1.29, 1.82) is 0 Å². The lowest BCUT2D eigenvalue weighted by Gasteiger charge is -2.39. The minimum absolute atomic E-state index is 0.00682. The number of ketones is 1. The molecule has 3 aromatic rings. The SMILES string of the molecule is CCCCCC(CC)(Pc1ccc(C)cc1C(C)=O)c1cc(C(C)(C)C)cc(C(C)(C)C)c1OCc1ccccc1. The molecule has 0 aliphatic rings. The molecule has 3 rings (SSSR count). The van der Waals surface area contributed by atoms with E-state index in [4.69, 9.17) is 4.74 Å². The first-order valence-corrected chi connectivity index (χ1v) is 16.5. The highest BCUT2D eigenvalue weighted by molar-refractivity contribution is 7.48. The van der Waals surface area contributed by atoms with Crippen molar-refractivity contribution in [3.8, 4) is 5.75 Å². The van der Waals surface area contributed by atoms with Crippen molar-refractivity contribution in [2.75, 3.05) is 0 Å². The summed E-state index contributed by atoms with van der Waals surface area (Å²) >= 11 is 0. The van der Waals surface area contributed by atoms with Gasteiger partial charge in [-0.25, -0.2) is 0 Å². The first-order chi connectivity index (χ1) is 19.2. The van der Waals surface area contributed by atoms with Crippen LogP contribution in [-0.2, 0) is 22.6 Å². The van der Waals surface area contributed by atoms with Gasteiger partial charge in [0, 0.05) is 21.8 Å². The Kier molecular flexibility index (Phi) is 11.0. The molecule has 0 aliphatic carbocycles. The van der Waals surface area contributed by atoms with E-state index in [0.717, 1.165) is 36.1 Å². The van der Waals surface area contributed by atoms with Gasteiger partial charge in [0.05, 0.1) is 0 Å². The summed E-state index contributed by atoms with van der Waals surface area (Å²) in [4.78, 5) is 12.9. The maximum atomic E-state index is 12.9. The number of aryl methyl sites for hydroxylation is 1. The van der Waals surface area contributed by atoms with E-state index in [-0.39, 0.29) is 21.8 Å². The smallest absolute Gasteiger partial charge is 0.160 e. The number of hydrogen-bond donors (Lipinski definition) is 0. The zero-order valence-corrected chi connectivity index (χ0v) is 28.3. The molecule has 0 aromatic heterocycles. The predicted molar refractivity (Wildman–Crippen MR) is 180 cm³/mol. The summed E-state index contributed by atoms with van der Waals surface area (Å²) in [6.45, 7) is 22.8. The van der Waals surface area contributed by atoms with Gasteiger partial charge in [0.1, 0.15) is 12.4 Å². The molecule has 222 valence electrons. The third kappa shape index (κ3) is 8.32. The minimum atomic E-state index is -0.137. The van der Waals surface area contributed by atoms with Gasteiger partial charge in [-0.1, -0.05) is 143 Å². The van der Waals surface area contributed by atoms with E-state index >= 15 is 0 Å². The predicted octanol–water partition coefficient (Wildman–Crippen LogP) is 10.6. The van der Waals surface area contributed by atoms with Crippen LogP contribution in [0, 0.1) is 6.92 Å². The number of benzene rings is 3. The molecule has 0 heterocycles. The van der Waals surface area contributed by atoms with Crippen molar-refractivity contribution in [2.24, 2.45) is 0 Å². The number of carbonyl (C=O) groups is 1. The second-order valence-electron chi connectivity index (χ2n) is 13.8. The van der Waals surface area contributed by atoms with E-state index in [2.05, 4.69) is 123 Å². The fourth-order valence-corrected chi connectivity index (χ4v) is 7.44. The number of hydrogen-bond acceptors (Lipinski definition) is 2. The van der Waals surface area contributed by atoms with Crippen LogP contribution in [0.25, 0.3) is 0 Å². The molecule has 0 saturated carbocycles. The minimum Gasteiger partial charge on any atom is -0.488 e. The van der Waals surface area contributed by atoms with Gasteiger partial charge in [-0.3, -0.25) is 4.79 Å². The van der Waals surface area contributed by atoms with Gasteiger partial charge in [-0.2, -0.15) is 0 Å². The summed E-state index contributed by atoms with van der Waals surface area (Å²) in [5, 5.41) is 1.04. The number of Topliss-reactive ketones (excluding diaryl/α,β-unsaturated/α-hetero) is 1. The van der Waals surface area contributed by atoms with Crippen molar-refractivity contribution in [3.63, 3.8) is 0 Å². The quantitative estimate of drug-likeness (QED) is 0.123. The molecular formula is C38H53O2P. The largest absolute Gasteiger partial charge is 0.488 e. The topological polar surface area (TPSA) is 26.3 Å². The van der Waals surface area contributed by atoms with Crippen molar-refractivity contribution in [3.05, 3.63) is 94.0 Å². The van der Waals surface area contributed by atoms with Crippen molar-refractivity contribution in [1.82, 2.24) is 0 Å². The summed E-state index contributed by atoms with van der Waals surface area (Å²) in [5.41, 5.74) is 7.00. The third-order valence-electron chi connectivity index (χ3n) is 8.24. The number of carbonyl (C=O) groups excluding carboxylic acids is 1. The van der Waals surface area contributed by atoms with E-state index in [0.29, 0.717) is 15.2 Å². The zero-order chi connectivity index (χ0) is 30.4. The Labute approximate surface area is 252 Å². The van der Waals surface area contributed by atoms with Crippen molar-refractivity contribution < 1.29 is 9.53 Å². The second kappa shape index (κ2) is 13.7. The summed E-state index contributed by atoms with van der Waals surface area (Å²) in [7, 11) is 0.469. The molecule has 0 aliphatic heterocycles. The molecule has 2 nitrogen and oxygen atoms in total. The van der Waals surface area contributed by atoms with Crippen LogP contribution in [0.15, 0.2) is 60.7 Å². The Bertz CT molecular complexity index is 1310. The molecule has 0 radical (unpaired) electrons. The molecule has 41 heavy (non-hydrogen) atoms. The Morgan fingerprint density at radius 1 is 0.829 bits per heavy atom. The average Bonchev–Trinajstić information content (AvgIpc) is 2.91. The third-order valence-corrected chi connectivity index (χ3v) is 10.3. The Morgan fingerprint density at radius 2 is 1.49 bits per heavy atom. The Hall–Kier alpha value is -2.44. The molecule has 0 fully saturated rings. The molecule has 0 N–H and O–H groups in total. The molecule has 0 spiro atoms. The molecule has 2 atom stereocenters. The van der Waals surface area contributed by atoms with Crippen molar-refractivity contribution >= 4 is 19.7 Å². The van der Waals surface area contributed by atoms with E-state index in [1.54, 1.807) is 6.92 Å². The van der Waals surface area contributed by atoms with Gasteiger partial charge < -0.3 is 4.74 Å². The van der Waals surface area contributed by atoms with Crippen LogP contribution in [0.5, 0.6) is 5.75 Å². The maximum Gasteiger partial charge on any atom is 0.160 e. The van der Waals surface area contributed by atoms with E-state index < -0.39 is 0 Å². The molecular weight excluding hydrogens is 519 g/mol. The van der Waals surface area contributed by atoms with Gasteiger partial charge in [0.2, 0.25) is 0 Å². The van der Waals surface area contributed by atoms with Crippen LogP contribution in [0.3, 0.4) is 0 Å². The monoisotopic (exact) mass is 572 g/mol. The summed E-state index contributed by atoms with van der Waals surface area (Å²) in [6, 6.07) is 21.8. The van der Waals surface area contributed by atoms with Crippen LogP contribution in [0.4, 0.5) is 0 Å². The second-order valence-corrected chi connectivity index (χ2v) is 15.5. The zero-order valence-electron chi connectivity index (χ0n) is 27.3. The summed E-state index contributed by atoms with van der Waals surface area (Å²) in [6.07, 6.45) is 5.59. The molecule has 3 heteroatoms. The van der Waals surface area contributed by atoms with E-state index in [9.17, 15) is 4.79 Å². The molecule has 3 aromatic carbocycles. The first-order valence-electron chi connectivity index (χ1n) is 15.5. The number of unbranched alkanes of at least 4 members (excludes halogenated alkanes) is 2. The highest BCUT2D eigenvalue weighted by Crippen LogP contribution is 2.54. The highest BCUT2D eigenvalue weighted by Gasteiger charge is 2.38. The van der Waals surface area contributed by atoms with Gasteiger partial charge in [0.15, 0.2) is 5.78 Å². The van der Waals surface area contributed by atoms with Crippen LogP contribution >= 0.6 is 8.58 Å². The van der Waals surface area contributed by atoms with Crippen LogP contribution < -0.4 is 10.0 Å². The van der Waals surface area contributed by atoms with Crippen LogP contribution in [-0.4, -0.2) is 5.78 Å². The van der Waals surface area contributed by atoms with Gasteiger partial charge in [0.25, 0.3) is 0 Å². The van der Waals surface area contributed by atoms with E-state index in [1.165, 1.54) is 40.4 Å². The van der Waals surface area contributed by atoms with Gasteiger partial charge in [-0.15, -0.1) is 0 Å². The van der Waals surface area contributed by atoms with Crippen LogP contribution in [0.1, 0.15) is 133 Å². The summed E-state index contributed by atoms with van der Waals surface area (Å²) < 4.78 is 6.93. The fraction of sp³-hybridized carbons (Fsp3) is 0.500. The highest BCUT2D eigenvalue weighted by atomic mass is 31.1.